The van der Waals surface area contributed by atoms with Crippen LogP contribution in [0.1, 0.15) is 33.1 Å². The number of nitrogens with zero attached hydrogens (tertiary/aromatic N) is 3. The molecular formula is C24H28N4O2. The molecular weight excluding hydrogens is 376 g/mol. The van der Waals surface area contributed by atoms with Crippen LogP contribution in [-0.4, -0.2) is 35.1 Å². The molecule has 1 aliphatic rings. The second kappa shape index (κ2) is 9.11. The smallest absolute Gasteiger partial charge is 0.227 e. The van der Waals surface area contributed by atoms with E-state index >= 15 is 0 Å². The maximum atomic E-state index is 12.9. The predicted molar refractivity (Wildman–Crippen MR) is 120 cm³/mol. The van der Waals surface area contributed by atoms with E-state index in [0.29, 0.717) is 0 Å². The molecule has 1 atom stereocenters. The van der Waals surface area contributed by atoms with Crippen molar-refractivity contribution in [3.8, 4) is 5.75 Å². The first-order valence-corrected chi connectivity index (χ1v) is 10.7. The van der Waals surface area contributed by atoms with Crippen LogP contribution in [0.4, 0.5) is 11.5 Å². The van der Waals surface area contributed by atoms with Gasteiger partial charge in [0.1, 0.15) is 17.9 Å². The number of nitrogens with one attached hydrogen (secondary N) is 1. The lowest BCUT2D eigenvalue weighted by Crippen LogP contribution is -2.38. The molecule has 30 heavy (non-hydrogen) atoms. The average molecular weight is 405 g/mol. The van der Waals surface area contributed by atoms with Gasteiger partial charge in [-0.1, -0.05) is 31.2 Å². The van der Waals surface area contributed by atoms with Gasteiger partial charge in [0.15, 0.2) is 0 Å². The molecule has 1 N–H and O–H groups in total. The molecule has 2 heterocycles. The number of hydrogen-bond donors (Lipinski definition) is 1. The maximum absolute atomic E-state index is 12.9. The Balaban J connectivity index is 1.41. The van der Waals surface area contributed by atoms with Gasteiger partial charge in [-0.25, -0.2) is 9.97 Å². The lowest BCUT2D eigenvalue weighted by atomic mass is 9.95. The van der Waals surface area contributed by atoms with Crippen LogP contribution in [0, 0.1) is 5.92 Å². The zero-order valence-corrected chi connectivity index (χ0v) is 17.5. The number of hydrogen-bond acceptors (Lipinski definition) is 5. The van der Waals surface area contributed by atoms with Gasteiger partial charge >= 0.3 is 0 Å². The zero-order valence-electron chi connectivity index (χ0n) is 17.5. The summed E-state index contributed by atoms with van der Waals surface area (Å²) in [7, 11) is 0. The third kappa shape index (κ3) is 4.37. The number of rotatable bonds is 6. The number of ether oxygens (including phenoxy) is 1. The minimum Gasteiger partial charge on any atom is -0.489 e. The minimum absolute atomic E-state index is 0.0222. The molecule has 1 amide bonds. The molecule has 1 unspecified atom stereocenters. The summed E-state index contributed by atoms with van der Waals surface area (Å²) in [4.78, 5) is 24.0. The molecule has 6 nitrogen and oxygen atoms in total. The molecule has 0 saturated carbocycles. The molecule has 6 heteroatoms. The van der Waals surface area contributed by atoms with Crippen molar-refractivity contribution in [2.75, 3.05) is 23.3 Å². The highest BCUT2D eigenvalue weighted by Crippen LogP contribution is 2.30. The summed E-state index contributed by atoms with van der Waals surface area (Å²) in [6.45, 7) is 5.71. The Morgan fingerprint density at radius 3 is 2.67 bits per heavy atom. The van der Waals surface area contributed by atoms with E-state index in [0.717, 1.165) is 60.5 Å². The highest BCUT2D eigenvalue weighted by atomic mass is 16.5. The Bertz CT molecular complexity index is 1010. The predicted octanol–water partition coefficient (Wildman–Crippen LogP) is 4.66. The van der Waals surface area contributed by atoms with E-state index in [-0.39, 0.29) is 17.9 Å². The first kappa shape index (κ1) is 20.1. The van der Waals surface area contributed by atoms with Gasteiger partial charge in [-0.2, -0.15) is 0 Å². The Morgan fingerprint density at radius 2 is 1.87 bits per heavy atom. The van der Waals surface area contributed by atoms with Crippen LogP contribution in [0.25, 0.3) is 10.9 Å². The van der Waals surface area contributed by atoms with Crippen molar-refractivity contribution >= 4 is 28.3 Å². The van der Waals surface area contributed by atoms with Gasteiger partial charge in [-0.05, 0) is 50.5 Å². The van der Waals surface area contributed by atoms with E-state index in [1.807, 2.05) is 49.4 Å². The quantitative estimate of drug-likeness (QED) is 0.647. The average Bonchev–Trinajstić information content (AvgIpc) is 2.80. The first-order chi connectivity index (χ1) is 14.7. The van der Waals surface area contributed by atoms with Gasteiger partial charge in [0.2, 0.25) is 5.91 Å². The van der Waals surface area contributed by atoms with E-state index < -0.39 is 0 Å². The molecule has 0 aliphatic carbocycles. The molecule has 3 aromatic rings. The molecule has 1 aliphatic heterocycles. The summed E-state index contributed by atoms with van der Waals surface area (Å²) < 4.78 is 5.96. The monoisotopic (exact) mass is 404 g/mol. The highest BCUT2D eigenvalue weighted by molar-refractivity contribution is 5.94. The number of anilines is 2. The van der Waals surface area contributed by atoms with E-state index in [4.69, 9.17) is 4.74 Å². The van der Waals surface area contributed by atoms with Crippen LogP contribution in [0.3, 0.4) is 0 Å². The normalized spacial score (nSPS) is 15.7. The lowest BCUT2D eigenvalue weighted by Gasteiger charge is -2.32. The third-order valence-corrected chi connectivity index (χ3v) is 5.74. The second-order valence-corrected chi connectivity index (χ2v) is 7.80. The van der Waals surface area contributed by atoms with Crippen molar-refractivity contribution in [1.82, 2.24) is 9.97 Å². The van der Waals surface area contributed by atoms with Crippen LogP contribution in [0.5, 0.6) is 5.75 Å². The van der Waals surface area contributed by atoms with Gasteiger partial charge in [0.05, 0.1) is 17.3 Å². The third-order valence-electron chi connectivity index (χ3n) is 5.74. The number of carbonyl (C=O) groups is 1. The van der Waals surface area contributed by atoms with Gasteiger partial charge in [-0.3, -0.25) is 4.79 Å². The van der Waals surface area contributed by atoms with E-state index in [9.17, 15) is 4.79 Å². The minimum atomic E-state index is -0.0222. The number of benzene rings is 2. The summed E-state index contributed by atoms with van der Waals surface area (Å²) in [6.07, 6.45) is 4.22. The van der Waals surface area contributed by atoms with E-state index in [1.165, 1.54) is 0 Å². The Kier molecular flexibility index (Phi) is 6.12. The van der Waals surface area contributed by atoms with Crippen molar-refractivity contribution in [2.24, 2.45) is 5.92 Å². The van der Waals surface area contributed by atoms with Gasteiger partial charge < -0.3 is 15.0 Å². The Labute approximate surface area is 177 Å². The number of carbonyl (C=O) groups excluding carboxylic acids is 1. The number of piperidine rings is 1. The summed E-state index contributed by atoms with van der Waals surface area (Å²) in [5, 5.41) is 4.14. The summed E-state index contributed by atoms with van der Waals surface area (Å²) in [6, 6.07) is 15.7. The van der Waals surface area contributed by atoms with E-state index in [1.54, 1.807) is 6.33 Å². The Hall–Kier alpha value is -3.15. The topological polar surface area (TPSA) is 67.3 Å². The summed E-state index contributed by atoms with van der Waals surface area (Å²) in [5.41, 5.74) is 1.69. The van der Waals surface area contributed by atoms with Gasteiger partial charge in [0.25, 0.3) is 0 Å². The fourth-order valence-corrected chi connectivity index (χ4v) is 3.80. The largest absolute Gasteiger partial charge is 0.489 e. The van der Waals surface area contributed by atoms with Crippen LogP contribution >= 0.6 is 0 Å². The molecule has 1 saturated heterocycles. The Morgan fingerprint density at radius 1 is 1.13 bits per heavy atom. The molecule has 4 rings (SSSR count). The van der Waals surface area contributed by atoms with Crippen LogP contribution in [0.2, 0.25) is 0 Å². The number of para-hydroxylation sites is 3. The first-order valence-electron chi connectivity index (χ1n) is 10.7. The zero-order chi connectivity index (χ0) is 20.9. The number of amides is 1. The maximum Gasteiger partial charge on any atom is 0.227 e. The van der Waals surface area contributed by atoms with Crippen molar-refractivity contribution in [2.45, 2.75) is 39.2 Å². The van der Waals surface area contributed by atoms with Crippen LogP contribution < -0.4 is 15.0 Å². The molecule has 156 valence electrons. The molecule has 0 spiro atoms. The van der Waals surface area contributed by atoms with Crippen molar-refractivity contribution in [3.63, 3.8) is 0 Å². The van der Waals surface area contributed by atoms with E-state index in [2.05, 4.69) is 33.2 Å². The molecule has 1 fully saturated rings. The van der Waals surface area contributed by atoms with Crippen LogP contribution in [-0.2, 0) is 4.79 Å². The molecule has 0 bridgehead atoms. The molecule has 0 radical (unpaired) electrons. The highest BCUT2D eigenvalue weighted by Gasteiger charge is 2.27. The SMILES string of the molecule is CCC(C)Oc1ccccc1NC(=O)C1CCN(c2ncnc3ccccc23)CC1. The molecule has 1 aromatic heterocycles. The second-order valence-electron chi connectivity index (χ2n) is 7.80. The molecule has 2 aromatic carbocycles. The van der Waals surface area contributed by atoms with Crippen molar-refractivity contribution in [1.29, 1.82) is 0 Å². The summed E-state index contributed by atoms with van der Waals surface area (Å²) in [5.74, 6) is 1.71. The lowest BCUT2D eigenvalue weighted by molar-refractivity contribution is -0.120. The van der Waals surface area contributed by atoms with Crippen molar-refractivity contribution < 1.29 is 9.53 Å². The van der Waals surface area contributed by atoms with Crippen LogP contribution in [0.15, 0.2) is 54.9 Å². The fraction of sp³-hybridized carbons (Fsp3) is 0.375. The van der Waals surface area contributed by atoms with Crippen molar-refractivity contribution in [3.05, 3.63) is 54.9 Å². The number of fused-ring (bicyclic) bond motifs is 1. The fourth-order valence-electron chi connectivity index (χ4n) is 3.80. The van der Waals surface area contributed by atoms with Gasteiger partial charge in [-0.15, -0.1) is 0 Å². The van der Waals surface area contributed by atoms with Gasteiger partial charge in [0, 0.05) is 24.4 Å². The standard InChI is InChI=1S/C24H28N4O2/c1-3-17(2)30-22-11-7-6-10-21(22)27-24(29)18-12-14-28(15-13-18)23-19-8-4-5-9-20(19)25-16-26-23/h4-11,16-18H,3,12-15H2,1-2H3,(H,27,29). The number of aromatic nitrogens is 2. The summed E-state index contributed by atoms with van der Waals surface area (Å²) >= 11 is 0.